The monoisotopic (exact) mass is 457 g/mol. The molecule has 31 heavy (non-hydrogen) atoms. The standard InChI is InChI=1S/C21H19N3O5S2/c1-13-20(25)24-18-11-14(4-9-19(18)30-13)21(26)23-15-5-7-17(8-6-15)31(27,28)22-12-16-3-2-10-29-16/h2-11,13,22H,12H2,1H3,(H,23,26)(H,24,25)/t13-/m1/s1. The van der Waals surface area contributed by atoms with Crippen molar-refractivity contribution in [3.8, 4) is 0 Å². The predicted octanol–water partition coefficient (Wildman–Crippen LogP) is 3.44. The lowest BCUT2D eigenvalue weighted by molar-refractivity contribution is -0.115. The van der Waals surface area contributed by atoms with E-state index in [4.69, 9.17) is 4.42 Å². The number of furan rings is 1. The largest absolute Gasteiger partial charge is 0.468 e. The van der Waals surface area contributed by atoms with E-state index in [1.54, 1.807) is 30.3 Å². The van der Waals surface area contributed by atoms with Crippen LogP contribution in [0.25, 0.3) is 0 Å². The zero-order chi connectivity index (χ0) is 22.0. The maximum Gasteiger partial charge on any atom is 0.255 e. The number of anilines is 2. The van der Waals surface area contributed by atoms with Gasteiger partial charge in [-0.2, -0.15) is 0 Å². The summed E-state index contributed by atoms with van der Waals surface area (Å²) in [5, 5.41) is 5.34. The van der Waals surface area contributed by atoms with E-state index >= 15 is 0 Å². The lowest BCUT2D eigenvalue weighted by Crippen LogP contribution is -2.26. The molecule has 1 aliphatic rings. The SMILES string of the molecule is C[C@H]1Sc2ccc(C(=O)Nc3ccc(S(=O)(=O)NCc4ccco4)cc3)cc2NC1=O. The van der Waals surface area contributed by atoms with Gasteiger partial charge in [0.25, 0.3) is 5.91 Å². The Morgan fingerprint density at radius 2 is 1.94 bits per heavy atom. The molecule has 0 fully saturated rings. The van der Waals surface area contributed by atoms with Crippen LogP contribution >= 0.6 is 11.8 Å². The van der Waals surface area contributed by atoms with Gasteiger partial charge in [-0.15, -0.1) is 11.8 Å². The molecule has 8 nitrogen and oxygen atoms in total. The van der Waals surface area contributed by atoms with Crippen molar-refractivity contribution < 1.29 is 22.4 Å². The second-order valence-electron chi connectivity index (χ2n) is 6.84. The van der Waals surface area contributed by atoms with Gasteiger partial charge in [-0.1, -0.05) is 0 Å². The predicted molar refractivity (Wildman–Crippen MR) is 118 cm³/mol. The molecule has 1 aliphatic heterocycles. The summed E-state index contributed by atoms with van der Waals surface area (Å²) in [6.07, 6.45) is 1.47. The Labute approximate surface area is 183 Å². The van der Waals surface area contributed by atoms with Crippen LogP contribution in [0.1, 0.15) is 23.0 Å². The van der Waals surface area contributed by atoms with Crippen molar-refractivity contribution in [3.05, 3.63) is 72.2 Å². The number of carbonyl (C=O) groups excluding carboxylic acids is 2. The summed E-state index contributed by atoms with van der Waals surface area (Å²) < 4.78 is 32.4. The molecule has 10 heteroatoms. The summed E-state index contributed by atoms with van der Waals surface area (Å²) in [6.45, 7) is 1.86. The van der Waals surface area contributed by atoms with Gasteiger partial charge >= 0.3 is 0 Å². The van der Waals surface area contributed by atoms with Crippen LogP contribution in [0.4, 0.5) is 11.4 Å². The Morgan fingerprint density at radius 1 is 1.16 bits per heavy atom. The first-order valence-corrected chi connectivity index (χ1v) is 11.7. The summed E-state index contributed by atoms with van der Waals surface area (Å²) in [5.41, 5.74) is 1.43. The Hall–Kier alpha value is -3.08. The average molecular weight is 458 g/mol. The lowest BCUT2D eigenvalue weighted by Gasteiger charge is -2.21. The molecule has 0 unspecified atom stereocenters. The highest BCUT2D eigenvalue weighted by Crippen LogP contribution is 2.36. The maximum absolute atomic E-state index is 12.6. The molecule has 2 aromatic carbocycles. The first-order valence-electron chi connectivity index (χ1n) is 9.37. The highest BCUT2D eigenvalue weighted by molar-refractivity contribution is 8.01. The molecule has 1 aromatic heterocycles. The third-order valence-corrected chi connectivity index (χ3v) is 7.21. The van der Waals surface area contributed by atoms with Crippen LogP contribution in [0.3, 0.4) is 0 Å². The highest BCUT2D eigenvalue weighted by Gasteiger charge is 2.24. The van der Waals surface area contributed by atoms with Crippen LogP contribution in [0.2, 0.25) is 0 Å². The minimum Gasteiger partial charge on any atom is -0.468 e. The summed E-state index contributed by atoms with van der Waals surface area (Å²) in [7, 11) is -3.72. The Balaban J connectivity index is 1.42. The zero-order valence-electron chi connectivity index (χ0n) is 16.4. The molecule has 3 N–H and O–H groups in total. The quantitative estimate of drug-likeness (QED) is 0.522. The lowest BCUT2D eigenvalue weighted by atomic mass is 10.1. The van der Waals surface area contributed by atoms with Crippen molar-refractivity contribution in [2.45, 2.75) is 28.5 Å². The normalized spacial score (nSPS) is 15.8. The minimum absolute atomic E-state index is 0.0414. The smallest absolute Gasteiger partial charge is 0.255 e. The van der Waals surface area contributed by atoms with E-state index in [0.29, 0.717) is 22.7 Å². The number of fused-ring (bicyclic) bond motifs is 1. The summed E-state index contributed by atoms with van der Waals surface area (Å²) >= 11 is 1.44. The molecular formula is C21H19N3O5S2. The number of benzene rings is 2. The molecule has 160 valence electrons. The molecule has 0 saturated heterocycles. The number of hydrogen-bond donors (Lipinski definition) is 3. The zero-order valence-corrected chi connectivity index (χ0v) is 18.0. The number of carbonyl (C=O) groups is 2. The third-order valence-electron chi connectivity index (χ3n) is 4.61. The van der Waals surface area contributed by atoms with Gasteiger partial charge < -0.3 is 15.1 Å². The van der Waals surface area contributed by atoms with Crippen LogP contribution in [-0.4, -0.2) is 25.5 Å². The van der Waals surface area contributed by atoms with Crippen molar-refractivity contribution in [2.75, 3.05) is 10.6 Å². The first kappa shape index (κ1) is 21.2. The number of nitrogens with one attached hydrogen (secondary N) is 3. The molecule has 2 heterocycles. The van der Waals surface area contributed by atoms with Gasteiger partial charge in [-0.05, 0) is 61.5 Å². The first-order chi connectivity index (χ1) is 14.8. The van der Waals surface area contributed by atoms with Crippen molar-refractivity contribution >= 4 is 45.0 Å². The third kappa shape index (κ3) is 4.82. The van der Waals surface area contributed by atoms with Gasteiger partial charge in [0.2, 0.25) is 15.9 Å². The van der Waals surface area contributed by atoms with Gasteiger partial charge in [0.15, 0.2) is 0 Å². The van der Waals surface area contributed by atoms with Gasteiger partial charge in [0.1, 0.15) is 5.76 Å². The summed E-state index contributed by atoms with van der Waals surface area (Å²) in [5.74, 6) is 0.0290. The molecular weight excluding hydrogens is 438 g/mol. The Bertz CT molecular complexity index is 1220. The van der Waals surface area contributed by atoms with E-state index in [2.05, 4.69) is 15.4 Å². The van der Waals surface area contributed by atoms with Crippen molar-refractivity contribution in [1.82, 2.24) is 4.72 Å². The van der Waals surface area contributed by atoms with E-state index in [1.165, 1.54) is 42.3 Å². The molecule has 0 radical (unpaired) electrons. The van der Waals surface area contributed by atoms with Crippen LogP contribution in [-0.2, 0) is 21.4 Å². The fourth-order valence-electron chi connectivity index (χ4n) is 2.93. The topological polar surface area (TPSA) is 118 Å². The van der Waals surface area contributed by atoms with Crippen molar-refractivity contribution in [3.63, 3.8) is 0 Å². The van der Waals surface area contributed by atoms with Crippen LogP contribution < -0.4 is 15.4 Å². The minimum atomic E-state index is -3.72. The van der Waals surface area contributed by atoms with E-state index in [-0.39, 0.29) is 28.5 Å². The number of hydrogen-bond acceptors (Lipinski definition) is 6. The molecule has 0 aliphatic carbocycles. The Kier molecular flexibility index (Phi) is 5.86. The fraction of sp³-hybridized carbons (Fsp3) is 0.143. The van der Waals surface area contributed by atoms with E-state index in [9.17, 15) is 18.0 Å². The van der Waals surface area contributed by atoms with E-state index in [1.807, 2.05) is 6.92 Å². The number of amides is 2. The molecule has 4 rings (SSSR count). The van der Waals surface area contributed by atoms with Gasteiger partial charge in [0, 0.05) is 16.1 Å². The molecule has 2 amide bonds. The van der Waals surface area contributed by atoms with Gasteiger partial charge in [-0.25, -0.2) is 13.1 Å². The van der Waals surface area contributed by atoms with E-state index < -0.39 is 10.0 Å². The summed E-state index contributed by atoms with van der Waals surface area (Å²) in [4.78, 5) is 25.4. The van der Waals surface area contributed by atoms with Crippen LogP contribution in [0.15, 0.2) is 75.1 Å². The molecule has 3 aromatic rings. The molecule has 0 bridgehead atoms. The second-order valence-corrected chi connectivity index (χ2v) is 9.99. The molecule has 0 saturated carbocycles. The number of sulfonamides is 1. The van der Waals surface area contributed by atoms with Crippen LogP contribution in [0, 0.1) is 0 Å². The van der Waals surface area contributed by atoms with Crippen molar-refractivity contribution in [1.29, 1.82) is 0 Å². The summed E-state index contributed by atoms with van der Waals surface area (Å²) in [6, 6.07) is 14.3. The fourth-order valence-corrected chi connectivity index (χ4v) is 4.86. The van der Waals surface area contributed by atoms with Gasteiger partial charge in [-0.3, -0.25) is 9.59 Å². The molecule has 0 spiro atoms. The van der Waals surface area contributed by atoms with Crippen molar-refractivity contribution in [2.24, 2.45) is 0 Å². The highest BCUT2D eigenvalue weighted by atomic mass is 32.2. The number of thioether (sulfide) groups is 1. The maximum atomic E-state index is 12.6. The second kappa shape index (κ2) is 8.58. The Morgan fingerprint density at radius 3 is 2.65 bits per heavy atom. The number of rotatable bonds is 6. The van der Waals surface area contributed by atoms with Gasteiger partial charge in [0.05, 0.1) is 28.6 Å². The molecule has 1 atom stereocenters. The van der Waals surface area contributed by atoms with Crippen LogP contribution in [0.5, 0.6) is 0 Å². The van der Waals surface area contributed by atoms with E-state index in [0.717, 1.165) is 4.90 Å². The average Bonchev–Trinajstić information content (AvgIpc) is 3.27.